The lowest BCUT2D eigenvalue weighted by Gasteiger charge is -2.44. The Morgan fingerprint density at radius 1 is 1.19 bits per heavy atom. The molecule has 4 aliphatic rings. The molecule has 3 fully saturated rings. The molecule has 0 aromatic heterocycles. The molecule has 0 saturated carbocycles. The Hall–Kier alpha value is -2.24. The third kappa shape index (κ3) is 4.08. The van der Waals surface area contributed by atoms with Gasteiger partial charge in [0.2, 0.25) is 0 Å². The summed E-state index contributed by atoms with van der Waals surface area (Å²) in [6, 6.07) is 12.0. The highest BCUT2D eigenvalue weighted by atomic mass is 35.5. The maximum atomic E-state index is 12.9. The van der Waals surface area contributed by atoms with E-state index in [1.807, 2.05) is 37.3 Å². The summed E-state index contributed by atoms with van der Waals surface area (Å²) in [5, 5.41) is 3.88. The molecule has 0 radical (unpaired) electrons. The normalized spacial score (nSPS) is 27.9. The first-order valence-corrected chi connectivity index (χ1v) is 11.9. The second-order valence-electron chi connectivity index (χ2n) is 10.2. The number of piperidine rings is 3. The molecule has 1 amide bonds. The third-order valence-corrected chi connectivity index (χ3v) is 7.57. The summed E-state index contributed by atoms with van der Waals surface area (Å²) >= 11 is 6.49. The number of hydrogen-bond donors (Lipinski definition) is 1. The van der Waals surface area contributed by atoms with Crippen LogP contribution in [0.15, 0.2) is 36.4 Å². The number of benzene rings is 2. The van der Waals surface area contributed by atoms with Gasteiger partial charge in [-0.1, -0.05) is 49.7 Å². The fourth-order valence-corrected chi connectivity index (χ4v) is 5.64. The highest BCUT2D eigenvalue weighted by molar-refractivity contribution is 6.33. The second-order valence-corrected chi connectivity index (χ2v) is 10.6. The smallest absolute Gasteiger partial charge is 0.407 e. The topological polar surface area (TPSA) is 50.8 Å². The summed E-state index contributed by atoms with van der Waals surface area (Å²) in [6.45, 7) is 9.86. The molecule has 5 nitrogen and oxygen atoms in total. The number of hydrogen-bond acceptors (Lipinski definition) is 4. The van der Waals surface area contributed by atoms with Crippen LogP contribution in [0.1, 0.15) is 43.9 Å². The van der Waals surface area contributed by atoms with E-state index in [9.17, 15) is 4.79 Å². The number of rotatable bonds is 3. The Kier molecular flexibility index (Phi) is 5.58. The molecule has 2 bridgehead atoms. The highest BCUT2D eigenvalue weighted by Crippen LogP contribution is 2.45. The Bertz CT molecular complexity index is 1030. The zero-order valence-corrected chi connectivity index (χ0v) is 19.7. The summed E-state index contributed by atoms with van der Waals surface area (Å²) in [7, 11) is 0. The summed E-state index contributed by atoms with van der Waals surface area (Å²) in [5.41, 5.74) is 3.81. The SMILES string of the molecule is Cc1ccc(-c2ccc3c(c2)OCC(C)(C)C3NC(=O)O[C@@H]2CN3CCC2CC3)c(Cl)c1. The number of aryl methyl sites for hydroxylation is 1. The predicted octanol–water partition coefficient (Wildman–Crippen LogP) is 5.60. The molecule has 32 heavy (non-hydrogen) atoms. The van der Waals surface area contributed by atoms with Gasteiger partial charge in [0, 0.05) is 28.1 Å². The molecule has 0 aliphatic carbocycles. The maximum absolute atomic E-state index is 12.9. The van der Waals surface area contributed by atoms with Crippen molar-refractivity contribution in [1.29, 1.82) is 0 Å². The van der Waals surface area contributed by atoms with E-state index in [1.54, 1.807) is 0 Å². The lowest BCUT2D eigenvalue weighted by Crippen LogP contribution is -2.53. The van der Waals surface area contributed by atoms with Crippen molar-refractivity contribution in [3.63, 3.8) is 0 Å². The van der Waals surface area contributed by atoms with E-state index in [0.717, 1.165) is 65.5 Å². The second kappa shape index (κ2) is 8.27. The van der Waals surface area contributed by atoms with Gasteiger partial charge in [-0.15, -0.1) is 0 Å². The minimum absolute atomic E-state index is 0.00835. The number of nitrogens with one attached hydrogen (secondary N) is 1. The van der Waals surface area contributed by atoms with Crippen molar-refractivity contribution in [1.82, 2.24) is 10.2 Å². The van der Waals surface area contributed by atoms with E-state index >= 15 is 0 Å². The number of alkyl carbamates (subject to hydrolysis) is 1. The standard InChI is InChI=1S/C26H31ClN2O3/c1-16-4-6-19(21(27)12-16)18-5-7-20-22(13-18)31-15-26(2,3)24(20)28-25(30)32-23-14-29-10-8-17(23)9-11-29/h4-7,12-13,17,23-24H,8-11,14-15H2,1-3H3,(H,28,30)/t23-,24?/m1/s1. The molecule has 2 atom stereocenters. The van der Waals surface area contributed by atoms with Gasteiger partial charge >= 0.3 is 6.09 Å². The van der Waals surface area contributed by atoms with Crippen molar-refractivity contribution in [3.8, 4) is 16.9 Å². The van der Waals surface area contributed by atoms with Gasteiger partial charge in [-0.3, -0.25) is 4.90 Å². The van der Waals surface area contributed by atoms with Gasteiger partial charge in [0.1, 0.15) is 11.9 Å². The molecule has 0 spiro atoms. The van der Waals surface area contributed by atoms with E-state index in [2.05, 4.69) is 30.1 Å². The van der Waals surface area contributed by atoms with E-state index in [-0.39, 0.29) is 23.7 Å². The average Bonchev–Trinajstić information content (AvgIpc) is 2.76. The predicted molar refractivity (Wildman–Crippen MR) is 126 cm³/mol. The van der Waals surface area contributed by atoms with Gasteiger partial charge in [-0.05, 0) is 62.0 Å². The summed E-state index contributed by atoms with van der Waals surface area (Å²) in [4.78, 5) is 15.3. The molecule has 4 heterocycles. The Balaban J connectivity index is 1.36. The minimum atomic E-state index is -0.333. The summed E-state index contributed by atoms with van der Waals surface area (Å²) < 4.78 is 12.0. The minimum Gasteiger partial charge on any atom is -0.493 e. The Morgan fingerprint density at radius 3 is 2.66 bits per heavy atom. The van der Waals surface area contributed by atoms with Crippen LogP contribution < -0.4 is 10.1 Å². The monoisotopic (exact) mass is 454 g/mol. The fourth-order valence-electron chi connectivity index (χ4n) is 5.29. The number of halogens is 1. The quantitative estimate of drug-likeness (QED) is 0.656. The van der Waals surface area contributed by atoms with Gasteiger partial charge in [0.15, 0.2) is 0 Å². The van der Waals surface area contributed by atoms with Crippen molar-refractivity contribution in [3.05, 3.63) is 52.5 Å². The lowest BCUT2D eigenvalue weighted by atomic mass is 9.78. The van der Waals surface area contributed by atoms with Crippen LogP contribution in [-0.2, 0) is 4.74 Å². The summed E-state index contributed by atoms with van der Waals surface area (Å²) in [6.07, 6.45) is 1.90. The van der Waals surface area contributed by atoms with Crippen LogP contribution in [0.4, 0.5) is 4.79 Å². The fraction of sp³-hybridized carbons (Fsp3) is 0.500. The highest BCUT2D eigenvalue weighted by Gasteiger charge is 2.41. The average molecular weight is 455 g/mol. The zero-order valence-electron chi connectivity index (χ0n) is 19.0. The number of carbonyl (C=O) groups excluding carboxylic acids is 1. The van der Waals surface area contributed by atoms with Crippen LogP contribution in [-0.4, -0.2) is 43.3 Å². The molecular formula is C26H31ClN2O3. The maximum Gasteiger partial charge on any atom is 0.407 e. The number of carbonyl (C=O) groups is 1. The zero-order chi connectivity index (χ0) is 22.5. The Labute approximate surface area is 195 Å². The number of nitrogens with zero attached hydrogens (tertiary/aromatic N) is 1. The van der Waals surface area contributed by atoms with Crippen molar-refractivity contribution in [2.24, 2.45) is 11.3 Å². The van der Waals surface area contributed by atoms with Gasteiger partial charge in [-0.2, -0.15) is 0 Å². The van der Waals surface area contributed by atoms with Crippen molar-refractivity contribution in [2.45, 2.75) is 45.8 Å². The van der Waals surface area contributed by atoms with Crippen LogP contribution in [0, 0.1) is 18.3 Å². The molecular weight excluding hydrogens is 424 g/mol. The molecule has 6 heteroatoms. The van der Waals surface area contributed by atoms with Crippen LogP contribution in [0.25, 0.3) is 11.1 Å². The van der Waals surface area contributed by atoms with E-state index in [0.29, 0.717) is 12.5 Å². The van der Waals surface area contributed by atoms with E-state index in [1.165, 1.54) is 0 Å². The van der Waals surface area contributed by atoms with Gasteiger partial charge in [0.25, 0.3) is 0 Å². The third-order valence-electron chi connectivity index (χ3n) is 7.26. The van der Waals surface area contributed by atoms with Crippen molar-refractivity contribution < 1.29 is 14.3 Å². The largest absolute Gasteiger partial charge is 0.493 e. The molecule has 170 valence electrons. The van der Waals surface area contributed by atoms with Crippen LogP contribution in [0.5, 0.6) is 5.75 Å². The summed E-state index contributed by atoms with van der Waals surface area (Å²) in [5.74, 6) is 1.27. The van der Waals surface area contributed by atoms with Gasteiger partial charge < -0.3 is 14.8 Å². The molecule has 2 aromatic carbocycles. The first-order valence-electron chi connectivity index (χ1n) is 11.5. The molecule has 1 N–H and O–H groups in total. The van der Waals surface area contributed by atoms with Crippen LogP contribution in [0.2, 0.25) is 5.02 Å². The molecule has 1 unspecified atom stereocenters. The molecule has 2 aromatic rings. The van der Waals surface area contributed by atoms with E-state index in [4.69, 9.17) is 21.1 Å². The van der Waals surface area contributed by atoms with Crippen molar-refractivity contribution in [2.75, 3.05) is 26.2 Å². The molecule has 3 saturated heterocycles. The van der Waals surface area contributed by atoms with Crippen LogP contribution >= 0.6 is 11.6 Å². The lowest BCUT2D eigenvalue weighted by molar-refractivity contribution is -0.0361. The van der Waals surface area contributed by atoms with E-state index < -0.39 is 0 Å². The number of ether oxygens (including phenoxy) is 2. The van der Waals surface area contributed by atoms with Gasteiger partial charge in [-0.25, -0.2) is 4.79 Å². The molecule has 4 aliphatic heterocycles. The number of amides is 1. The first-order chi connectivity index (χ1) is 15.3. The Morgan fingerprint density at radius 2 is 1.97 bits per heavy atom. The first kappa shape index (κ1) is 21.6. The molecule has 6 rings (SSSR count). The van der Waals surface area contributed by atoms with Gasteiger partial charge in [0.05, 0.1) is 12.6 Å². The number of fused-ring (bicyclic) bond motifs is 4. The van der Waals surface area contributed by atoms with Crippen molar-refractivity contribution >= 4 is 17.7 Å². The van der Waals surface area contributed by atoms with Crippen LogP contribution in [0.3, 0.4) is 0 Å².